The molecule has 0 heterocycles. The number of hydrogen-bond acceptors (Lipinski definition) is 3. The minimum Gasteiger partial charge on any atom is -0.380 e. The van der Waals surface area contributed by atoms with Crippen LogP contribution in [0.1, 0.15) is 0 Å². The molecule has 0 aromatic rings. The lowest BCUT2D eigenvalue weighted by molar-refractivity contribution is 0.167. The van der Waals surface area contributed by atoms with Gasteiger partial charge in [0.15, 0.2) is 0 Å². The molecule has 11 heavy (non-hydrogen) atoms. The fourth-order valence-corrected chi connectivity index (χ4v) is 1.24. The lowest BCUT2D eigenvalue weighted by atomic mass is 10.8. The summed E-state index contributed by atoms with van der Waals surface area (Å²) in [5, 5.41) is 3.67. The molecule has 0 atom stereocenters. The zero-order chi connectivity index (χ0) is 8.36. The number of hydrogen-bond donors (Lipinski definition) is 0. The summed E-state index contributed by atoms with van der Waals surface area (Å²) in [6, 6.07) is 0. The molecule has 0 aromatic heterocycles. The first-order valence-corrected chi connectivity index (χ1v) is 5.54. The van der Waals surface area contributed by atoms with E-state index in [-0.39, 0.29) is 0 Å². The molecule has 0 amide bonds. The van der Waals surface area contributed by atoms with Gasteiger partial charge in [0.05, 0.1) is 13.2 Å². The van der Waals surface area contributed by atoms with E-state index in [9.17, 15) is 0 Å². The van der Waals surface area contributed by atoms with Gasteiger partial charge >= 0.3 is 0 Å². The molecule has 64 valence electrons. The molecule has 0 spiro atoms. The van der Waals surface area contributed by atoms with Gasteiger partial charge in [-0.25, -0.2) is 0 Å². The summed E-state index contributed by atoms with van der Waals surface area (Å²) in [7, 11) is 0. The van der Waals surface area contributed by atoms with Crippen molar-refractivity contribution in [1.82, 2.24) is 0 Å². The van der Waals surface area contributed by atoms with E-state index in [0.29, 0.717) is 0 Å². The highest BCUT2D eigenvalue weighted by molar-refractivity contribution is 8.02. The Morgan fingerprint density at radius 3 is 1.82 bits per heavy atom. The SMILES string of the molecule is C=CSCCOCCSC=C. The second-order valence-electron chi connectivity index (χ2n) is 1.69. The van der Waals surface area contributed by atoms with E-state index in [1.54, 1.807) is 23.5 Å². The molecule has 0 unspecified atom stereocenters. The van der Waals surface area contributed by atoms with Crippen molar-refractivity contribution in [2.75, 3.05) is 24.7 Å². The van der Waals surface area contributed by atoms with Crippen molar-refractivity contribution >= 4 is 23.5 Å². The van der Waals surface area contributed by atoms with Crippen LogP contribution in [0.25, 0.3) is 0 Å². The van der Waals surface area contributed by atoms with Gasteiger partial charge in [0.25, 0.3) is 0 Å². The summed E-state index contributed by atoms with van der Waals surface area (Å²) >= 11 is 3.37. The Labute approximate surface area is 77.3 Å². The fourth-order valence-electron chi connectivity index (χ4n) is 0.483. The van der Waals surface area contributed by atoms with Crippen LogP contribution in [0.3, 0.4) is 0 Å². The van der Waals surface area contributed by atoms with Crippen LogP contribution >= 0.6 is 23.5 Å². The first-order valence-electron chi connectivity index (χ1n) is 3.44. The molecule has 0 aliphatic heterocycles. The summed E-state index contributed by atoms with van der Waals surface area (Å²) in [5.41, 5.74) is 0. The van der Waals surface area contributed by atoms with Gasteiger partial charge in [-0.2, -0.15) is 0 Å². The Morgan fingerprint density at radius 2 is 1.45 bits per heavy atom. The van der Waals surface area contributed by atoms with Crippen molar-refractivity contribution in [2.24, 2.45) is 0 Å². The van der Waals surface area contributed by atoms with Gasteiger partial charge in [-0.05, 0) is 10.8 Å². The third-order valence-corrected chi connectivity index (χ3v) is 2.20. The van der Waals surface area contributed by atoms with E-state index in [2.05, 4.69) is 13.2 Å². The predicted octanol–water partition coefficient (Wildman–Crippen LogP) is 2.76. The van der Waals surface area contributed by atoms with E-state index in [4.69, 9.17) is 4.74 Å². The molecule has 0 aromatic carbocycles. The van der Waals surface area contributed by atoms with E-state index >= 15 is 0 Å². The lowest BCUT2D eigenvalue weighted by Crippen LogP contribution is -2.00. The van der Waals surface area contributed by atoms with Crippen LogP contribution in [0.5, 0.6) is 0 Å². The van der Waals surface area contributed by atoms with Crippen molar-refractivity contribution in [3.8, 4) is 0 Å². The van der Waals surface area contributed by atoms with Gasteiger partial charge in [-0.15, -0.1) is 23.5 Å². The highest BCUT2D eigenvalue weighted by Gasteiger charge is 1.86. The molecular weight excluding hydrogens is 176 g/mol. The molecule has 0 radical (unpaired) electrons. The number of thioether (sulfide) groups is 2. The molecule has 0 N–H and O–H groups in total. The Kier molecular flexibility index (Phi) is 10.3. The van der Waals surface area contributed by atoms with Crippen LogP contribution in [0.4, 0.5) is 0 Å². The minimum absolute atomic E-state index is 0.814. The van der Waals surface area contributed by atoms with Gasteiger partial charge in [0.2, 0.25) is 0 Å². The van der Waals surface area contributed by atoms with E-state index < -0.39 is 0 Å². The topological polar surface area (TPSA) is 9.23 Å². The number of rotatable bonds is 8. The monoisotopic (exact) mass is 190 g/mol. The smallest absolute Gasteiger partial charge is 0.0560 e. The molecule has 1 nitrogen and oxygen atoms in total. The molecule has 0 aliphatic rings. The maximum Gasteiger partial charge on any atom is 0.0560 e. The average Bonchev–Trinajstić information content (AvgIpc) is 2.03. The lowest BCUT2D eigenvalue weighted by Gasteiger charge is -1.99. The summed E-state index contributed by atoms with van der Waals surface area (Å²) in [4.78, 5) is 0. The first kappa shape index (κ1) is 11.1. The van der Waals surface area contributed by atoms with Crippen molar-refractivity contribution in [3.63, 3.8) is 0 Å². The zero-order valence-corrected chi connectivity index (χ0v) is 8.26. The van der Waals surface area contributed by atoms with Crippen molar-refractivity contribution in [2.45, 2.75) is 0 Å². The highest BCUT2D eigenvalue weighted by atomic mass is 32.2. The molecule has 0 rings (SSSR count). The molecule has 0 aliphatic carbocycles. The van der Waals surface area contributed by atoms with Crippen molar-refractivity contribution in [3.05, 3.63) is 24.0 Å². The van der Waals surface area contributed by atoms with Crippen LogP contribution in [0.2, 0.25) is 0 Å². The Morgan fingerprint density at radius 1 is 1.00 bits per heavy atom. The fraction of sp³-hybridized carbons (Fsp3) is 0.500. The van der Waals surface area contributed by atoms with Crippen molar-refractivity contribution in [1.29, 1.82) is 0 Å². The second-order valence-corrected chi connectivity index (χ2v) is 3.84. The third kappa shape index (κ3) is 10.1. The molecule has 0 fully saturated rings. The van der Waals surface area contributed by atoms with Gasteiger partial charge in [0, 0.05) is 11.5 Å². The zero-order valence-electron chi connectivity index (χ0n) is 6.62. The van der Waals surface area contributed by atoms with E-state index in [1.807, 2.05) is 10.8 Å². The van der Waals surface area contributed by atoms with Gasteiger partial charge in [-0.1, -0.05) is 13.2 Å². The quantitative estimate of drug-likeness (QED) is 0.545. The van der Waals surface area contributed by atoms with Crippen LogP contribution < -0.4 is 0 Å². The average molecular weight is 190 g/mol. The minimum atomic E-state index is 0.814. The highest BCUT2D eigenvalue weighted by Crippen LogP contribution is 2.01. The summed E-state index contributed by atoms with van der Waals surface area (Å²) in [5.74, 6) is 2.00. The molecular formula is C8H14OS2. The third-order valence-electron chi connectivity index (χ3n) is 0.927. The van der Waals surface area contributed by atoms with Crippen LogP contribution in [-0.2, 0) is 4.74 Å². The standard InChI is InChI=1S/C8H14OS2/c1-3-10-7-5-9-6-8-11-4-2/h3-4H,1-2,5-8H2. The molecule has 0 saturated carbocycles. The van der Waals surface area contributed by atoms with Gasteiger partial charge < -0.3 is 4.74 Å². The molecule has 0 saturated heterocycles. The predicted molar refractivity (Wildman–Crippen MR) is 56.1 cm³/mol. The Bertz CT molecular complexity index is 92.3. The van der Waals surface area contributed by atoms with E-state index in [1.165, 1.54) is 0 Å². The van der Waals surface area contributed by atoms with Gasteiger partial charge in [-0.3, -0.25) is 0 Å². The molecule has 0 bridgehead atoms. The van der Waals surface area contributed by atoms with Crippen LogP contribution in [0.15, 0.2) is 24.0 Å². The van der Waals surface area contributed by atoms with Gasteiger partial charge in [0.1, 0.15) is 0 Å². The first-order chi connectivity index (χ1) is 5.41. The maximum atomic E-state index is 5.30. The second kappa shape index (κ2) is 10.1. The van der Waals surface area contributed by atoms with Crippen LogP contribution in [-0.4, -0.2) is 24.7 Å². The van der Waals surface area contributed by atoms with Crippen molar-refractivity contribution < 1.29 is 4.74 Å². The largest absolute Gasteiger partial charge is 0.380 e. The van der Waals surface area contributed by atoms with Crippen LogP contribution in [0, 0.1) is 0 Å². The summed E-state index contributed by atoms with van der Waals surface area (Å²) < 4.78 is 5.30. The maximum absolute atomic E-state index is 5.30. The molecule has 3 heteroatoms. The Balaban J connectivity index is 2.79. The normalized spacial score (nSPS) is 9.45. The summed E-state index contributed by atoms with van der Waals surface area (Å²) in [6.45, 7) is 8.82. The number of ether oxygens (including phenoxy) is 1. The van der Waals surface area contributed by atoms with E-state index in [0.717, 1.165) is 24.7 Å². The Hall–Kier alpha value is 0.140. The summed E-state index contributed by atoms with van der Waals surface area (Å²) in [6.07, 6.45) is 0.